The van der Waals surface area contributed by atoms with E-state index in [0.717, 1.165) is 19.4 Å². The maximum atomic E-state index is 12.6. The van der Waals surface area contributed by atoms with E-state index in [9.17, 15) is 9.59 Å². The van der Waals surface area contributed by atoms with E-state index < -0.39 is 11.9 Å². The molecule has 8 heteroatoms. The standard InChI is InChI=1S/C17H11Br2ClN2O3/c1-25-15-12(18)5-9(6-13(15)19)7-14-16(23)22(17(24)21-14)11-4-2-3-10(20)8-11/h2-8H,1H3,(H,21,24)/b14-7+. The summed E-state index contributed by atoms with van der Waals surface area (Å²) in [4.78, 5) is 25.9. The summed E-state index contributed by atoms with van der Waals surface area (Å²) in [5.41, 5.74) is 1.31. The van der Waals surface area contributed by atoms with Gasteiger partial charge >= 0.3 is 6.03 Å². The number of rotatable bonds is 3. The van der Waals surface area contributed by atoms with Gasteiger partial charge in [0.05, 0.1) is 21.7 Å². The molecule has 1 saturated heterocycles. The van der Waals surface area contributed by atoms with Gasteiger partial charge in [0.15, 0.2) is 0 Å². The number of nitrogens with zero attached hydrogens (tertiary/aromatic N) is 1. The summed E-state index contributed by atoms with van der Waals surface area (Å²) >= 11 is 12.8. The van der Waals surface area contributed by atoms with E-state index in [2.05, 4.69) is 37.2 Å². The fourth-order valence-corrected chi connectivity index (χ4v) is 4.14. The fourth-order valence-electron chi connectivity index (χ4n) is 2.41. The number of hydrogen-bond acceptors (Lipinski definition) is 3. The Morgan fingerprint density at radius 3 is 2.44 bits per heavy atom. The lowest BCUT2D eigenvalue weighted by atomic mass is 10.2. The van der Waals surface area contributed by atoms with Crippen molar-refractivity contribution in [3.05, 3.63) is 61.6 Å². The highest BCUT2D eigenvalue weighted by molar-refractivity contribution is 9.11. The molecule has 1 aliphatic rings. The van der Waals surface area contributed by atoms with Crippen molar-refractivity contribution < 1.29 is 14.3 Å². The Hall–Kier alpha value is -1.83. The number of amides is 3. The molecule has 0 spiro atoms. The summed E-state index contributed by atoms with van der Waals surface area (Å²) in [7, 11) is 1.56. The van der Waals surface area contributed by atoms with Gasteiger partial charge in [0.25, 0.3) is 5.91 Å². The summed E-state index contributed by atoms with van der Waals surface area (Å²) in [5.74, 6) is 0.194. The van der Waals surface area contributed by atoms with Gasteiger partial charge in [-0.25, -0.2) is 9.69 Å². The summed E-state index contributed by atoms with van der Waals surface area (Å²) in [6.45, 7) is 0. The van der Waals surface area contributed by atoms with Crippen LogP contribution in [0.5, 0.6) is 5.75 Å². The van der Waals surface area contributed by atoms with E-state index >= 15 is 0 Å². The number of imide groups is 1. The van der Waals surface area contributed by atoms with Crippen LogP contribution in [0.25, 0.3) is 6.08 Å². The van der Waals surface area contributed by atoms with Crippen molar-refractivity contribution in [2.45, 2.75) is 0 Å². The number of benzene rings is 2. The Balaban J connectivity index is 1.96. The summed E-state index contributed by atoms with van der Waals surface area (Å²) in [6, 6.07) is 9.61. The first-order valence-corrected chi connectivity index (χ1v) is 9.03. The summed E-state index contributed by atoms with van der Waals surface area (Å²) < 4.78 is 6.70. The number of methoxy groups -OCH3 is 1. The molecule has 25 heavy (non-hydrogen) atoms. The lowest BCUT2D eigenvalue weighted by Gasteiger charge is -2.11. The van der Waals surface area contributed by atoms with Gasteiger partial charge in [0, 0.05) is 5.02 Å². The maximum absolute atomic E-state index is 12.6. The number of hydrogen-bond donors (Lipinski definition) is 1. The molecular weight excluding hydrogens is 475 g/mol. The topological polar surface area (TPSA) is 58.6 Å². The molecule has 1 aliphatic heterocycles. The molecule has 1 fully saturated rings. The Labute approximate surface area is 165 Å². The second-order valence-electron chi connectivity index (χ2n) is 5.13. The number of carbonyl (C=O) groups excluding carboxylic acids is 2. The Bertz CT molecular complexity index is 892. The fraction of sp³-hybridized carbons (Fsp3) is 0.0588. The van der Waals surface area contributed by atoms with Crippen molar-refractivity contribution in [1.29, 1.82) is 0 Å². The normalized spacial score (nSPS) is 15.7. The van der Waals surface area contributed by atoms with Crippen LogP contribution in [0.15, 0.2) is 51.0 Å². The largest absolute Gasteiger partial charge is 0.494 e. The Morgan fingerprint density at radius 1 is 1.16 bits per heavy atom. The second kappa shape index (κ2) is 7.19. The average Bonchev–Trinajstić information content (AvgIpc) is 2.81. The molecule has 0 bridgehead atoms. The molecule has 2 aromatic rings. The van der Waals surface area contributed by atoms with E-state index in [0.29, 0.717) is 16.5 Å². The molecule has 0 aliphatic carbocycles. The minimum Gasteiger partial charge on any atom is -0.494 e. The number of urea groups is 1. The molecule has 0 atom stereocenters. The van der Waals surface area contributed by atoms with E-state index in [1.165, 1.54) is 0 Å². The van der Waals surface area contributed by atoms with Crippen molar-refractivity contribution in [2.75, 3.05) is 12.0 Å². The zero-order valence-electron chi connectivity index (χ0n) is 12.8. The van der Waals surface area contributed by atoms with Gasteiger partial charge in [0.2, 0.25) is 0 Å². The molecule has 0 radical (unpaired) electrons. The first-order chi connectivity index (χ1) is 11.9. The van der Waals surface area contributed by atoms with E-state index in [1.54, 1.807) is 49.6 Å². The lowest BCUT2D eigenvalue weighted by molar-refractivity contribution is -0.113. The van der Waals surface area contributed by atoms with Gasteiger partial charge in [-0.15, -0.1) is 0 Å². The monoisotopic (exact) mass is 484 g/mol. The molecular formula is C17H11Br2ClN2O3. The summed E-state index contributed by atoms with van der Waals surface area (Å²) in [5, 5.41) is 3.02. The van der Waals surface area contributed by atoms with Crippen LogP contribution >= 0.6 is 43.5 Å². The molecule has 3 rings (SSSR count). The SMILES string of the molecule is COc1c(Br)cc(/C=C2/NC(=O)N(c3cccc(Cl)c3)C2=O)cc1Br. The average molecular weight is 487 g/mol. The van der Waals surface area contributed by atoms with Crippen LogP contribution in [0.2, 0.25) is 5.02 Å². The van der Waals surface area contributed by atoms with E-state index in [-0.39, 0.29) is 5.70 Å². The van der Waals surface area contributed by atoms with E-state index in [4.69, 9.17) is 16.3 Å². The minimum absolute atomic E-state index is 0.175. The molecule has 0 aromatic heterocycles. The molecule has 1 heterocycles. The van der Waals surface area contributed by atoms with Crippen LogP contribution in [0.4, 0.5) is 10.5 Å². The van der Waals surface area contributed by atoms with Crippen LogP contribution in [0, 0.1) is 0 Å². The molecule has 1 N–H and O–H groups in total. The third-order valence-corrected chi connectivity index (χ3v) is 4.89. The van der Waals surface area contributed by atoms with Crippen LogP contribution < -0.4 is 15.0 Å². The van der Waals surface area contributed by atoms with Crippen LogP contribution in [-0.4, -0.2) is 19.0 Å². The van der Waals surface area contributed by atoms with Gasteiger partial charge in [-0.2, -0.15) is 0 Å². The number of anilines is 1. The van der Waals surface area contributed by atoms with Crippen LogP contribution in [-0.2, 0) is 4.79 Å². The quantitative estimate of drug-likeness (QED) is 0.492. The van der Waals surface area contributed by atoms with Gasteiger partial charge in [-0.05, 0) is 73.8 Å². The third-order valence-electron chi connectivity index (χ3n) is 3.48. The molecule has 2 aromatic carbocycles. The first-order valence-electron chi connectivity index (χ1n) is 7.06. The second-order valence-corrected chi connectivity index (χ2v) is 7.27. The van der Waals surface area contributed by atoms with Gasteiger partial charge in [-0.1, -0.05) is 17.7 Å². The predicted octanol–water partition coefficient (Wildman–Crippen LogP) is 4.97. The summed E-state index contributed by atoms with van der Waals surface area (Å²) in [6.07, 6.45) is 1.60. The number of carbonyl (C=O) groups is 2. The lowest BCUT2D eigenvalue weighted by Crippen LogP contribution is -2.30. The van der Waals surface area contributed by atoms with Crippen molar-refractivity contribution in [1.82, 2.24) is 5.32 Å². The zero-order chi connectivity index (χ0) is 18.1. The Kier molecular flexibility index (Phi) is 5.17. The number of ether oxygens (including phenoxy) is 1. The van der Waals surface area contributed by atoms with Crippen LogP contribution in [0.3, 0.4) is 0 Å². The van der Waals surface area contributed by atoms with Crippen molar-refractivity contribution >= 4 is 67.2 Å². The first kappa shape index (κ1) is 18.0. The maximum Gasteiger partial charge on any atom is 0.333 e. The highest BCUT2D eigenvalue weighted by atomic mass is 79.9. The number of halogens is 3. The minimum atomic E-state index is -0.523. The van der Waals surface area contributed by atoms with Gasteiger partial charge in [0.1, 0.15) is 11.4 Å². The van der Waals surface area contributed by atoms with Crippen molar-refractivity contribution in [3.8, 4) is 5.75 Å². The highest BCUT2D eigenvalue weighted by Gasteiger charge is 2.34. The molecule has 0 saturated carbocycles. The number of nitrogens with one attached hydrogen (secondary N) is 1. The van der Waals surface area contributed by atoms with Crippen LogP contribution in [0.1, 0.15) is 5.56 Å². The smallest absolute Gasteiger partial charge is 0.333 e. The van der Waals surface area contributed by atoms with Crippen molar-refractivity contribution in [3.63, 3.8) is 0 Å². The molecule has 128 valence electrons. The molecule has 3 amide bonds. The zero-order valence-corrected chi connectivity index (χ0v) is 16.8. The predicted molar refractivity (Wildman–Crippen MR) is 104 cm³/mol. The highest BCUT2D eigenvalue weighted by Crippen LogP contribution is 2.35. The Morgan fingerprint density at radius 2 is 1.84 bits per heavy atom. The van der Waals surface area contributed by atoms with Gasteiger partial charge in [-0.3, -0.25) is 4.79 Å². The molecule has 5 nitrogen and oxygen atoms in total. The van der Waals surface area contributed by atoms with Crippen molar-refractivity contribution in [2.24, 2.45) is 0 Å². The molecule has 0 unspecified atom stereocenters. The third kappa shape index (κ3) is 3.58. The van der Waals surface area contributed by atoms with E-state index in [1.807, 2.05) is 0 Å². The van der Waals surface area contributed by atoms with Gasteiger partial charge < -0.3 is 10.1 Å².